The molecule has 0 aliphatic heterocycles. The topological polar surface area (TPSA) is 54.0 Å². The number of amides is 1. The molecule has 1 aromatic heterocycles. The van der Waals surface area contributed by atoms with Gasteiger partial charge in [0.15, 0.2) is 0 Å². The number of hydrogen-bond donors (Lipinski definition) is 2. The Balaban J connectivity index is 1.71. The number of benzene rings is 2. The summed E-state index contributed by atoms with van der Waals surface area (Å²) >= 11 is 6.01. The first-order chi connectivity index (χ1) is 12.5. The molecule has 0 unspecified atom stereocenters. The summed E-state index contributed by atoms with van der Waals surface area (Å²) in [5, 5.41) is 6.78. The van der Waals surface area contributed by atoms with Gasteiger partial charge in [-0.15, -0.1) is 0 Å². The second-order valence-electron chi connectivity index (χ2n) is 6.12. The van der Waals surface area contributed by atoms with Crippen LogP contribution < -0.4 is 10.6 Å². The molecule has 4 nitrogen and oxygen atoms in total. The van der Waals surface area contributed by atoms with Gasteiger partial charge in [0, 0.05) is 29.1 Å². The van der Waals surface area contributed by atoms with E-state index >= 15 is 0 Å². The first-order valence-corrected chi connectivity index (χ1v) is 8.72. The molecule has 0 bridgehead atoms. The van der Waals surface area contributed by atoms with Gasteiger partial charge in [0.05, 0.1) is 0 Å². The van der Waals surface area contributed by atoms with E-state index in [1.807, 2.05) is 31.2 Å². The van der Waals surface area contributed by atoms with Crippen LogP contribution in [0.25, 0.3) is 0 Å². The predicted molar refractivity (Wildman–Crippen MR) is 107 cm³/mol. The van der Waals surface area contributed by atoms with E-state index in [1.54, 1.807) is 24.4 Å². The van der Waals surface area contributed by atoms with Crippen LogP contribution in [0.15, 0.2) is 60.8 Å². The molecule has 2 N–H and O–H groups in total. The van der Waals surface area contributed by atoms with E-state index in [-0.39, 0.29) is 5.91 Å². The molecular weight excluding hydrogens is 346 g/mol. The summed E-state index contributed by atoms with van der Waals surface area (Å²) in [7, 11) is 0. The van der Waals surface area contributed by atoms with Gasteiger partial charge in [0.25, 0.3) is 5.91 Å². The van der Waals surface area contributed by atoms with Crippen LogP contribution in [0, 0.1) is 13.8 Å². The Kier molecular flexibility index (Phi) is 5.54. The Morgan fingerprint density at radius 1 is 1.04 bits per heavy atom. The van der Waals surface area contributed by atoms with Gasteiger partial charge in [0.2, 0.25) is 0 Å². The molecular formula is C21H20ClN3O. The first kappa shape index (κ1) is 18.0. The predicted octanol–water partition coefficient (Wildman–Crippen LogP) is 5.22. The number of aromatic nitrogens is 1. The van der Waals surface area contributed by atoms with Gasteiger partial charge in [0.1, 0.15) is 5.69 Å². The van der Waals surface area contributed by atoms with Crippen LogP contribution in [0.5, 0.6) is 0 Å². The molecule has 3 aromatic rings. The van der Waals surface area contributed by atoms with Crippen molar-refractivity contribution >= 4 is 28.9 Å². The van der Waals surface area contributed by atoms with E-state index in [0.29, 0.717) is 22.9 Å². The summed E-state index contributed by atoms with van der Waals surface area (Å²) < 4.78 is 0. The fourth-order valence-corrected chi connectivity index (χ4v) is 2.76. The minimum absolute atomic E-state index is 0.269. The number of anilines is 2. The smallest absolute Gasteiger partial charge is 0.274 e. The maximum atomic E-state index is 12.5. The summed E-state index contributed by atoms with van der Waals surface area (Å²) in [6, 6.07) is 17.2. The Morgan fingerprint density at radius 3 is 2.65 bits per heavy atom. The fourth-order valence-electron chi connectivity index (χ4n) is 2.59. The van der Waals surface area contributed by atoms with Crippen LogP contribution in [0.3, 0.4) is 0 Å². The number of carbonyl (C=O) groups excluding carboxylic acids is 1. The second kappa shape index (κ2) is 8.02. The third-order valence-corrected chi connectivity index (χ3v) is 4.42. The highest BCUT2D eigenvalue weighted by Gasteiger charge is 2.10. The Labute approximate surface area is 158 Å². The lowest BCUT2D eigenvalue weighted by Crippen LogP contribution is -2.15. The van der Waals surface area contributed by atoms with Crippen molar-refractivity contribution in [2.45, 2.75) is 20.4 Å². The number of pyridine rings is 1. The fraction of sp³-hybridized carbons (Fsp3) is 0.143. The summed E-state index contributed by atoms with van der Waals surface area (Å²) in [5.74, 6) is -0.269. The lowest BCUT2D eigenvalue weighted by atomic mass is 10.1. The zero-order valence-corrected chi connectivity index (χ0v) is 15.5. The Hall–Kier alpha value is -2.85. The molecule has 0 fully saturated rings. The van der Waals surface area contributed by atoms with Gasteiger partial charge >= 0.3 is 0 Å². The van der Waals surface area contributed by atoms with Crippen LogP contribution in [-0.4, -0.2) is 10.9 Å². The molecule has 1 amide bonds. The van der Waals surface area contributed by atoms with Crippen LogP contribution in [0.2, 0.25) is 5.02 Å². The number of halogens is 1. The number of nitrogens with zero attached hydrogens (tertiary/aromatic N) is 1. The average Bonchev–Trinajstić information content (AvgIpc) is 2.64. The van der Waals surface area contributed by atoms with Gasteiger partial charge in [-0.25, -0.2) is 0 Å². The lowest BCUT2D eigenvalue weighted by molar-refractivity contribution is 0.102. The van der Waals surface area contributed by atoms with E-state index < -0.39 is 0 Å². The zero-order chi connectivity index (χ0) is 18.5. The van der Waals surface area contributed by atoms with Crippen LogP contribution >= 0.6 is 11.6 Å². The van der Waals surface area contributed by atoms with Crippen LogP contribution in [0.1, 0.15) is 27.2 Å². The summed E-state index contributed by atoms with van der Waals surface area (Å²) in [4.78, 5) is 16.7. The highest BCUT2D eigenvalue weighted by Crippen LogP contribution is 2.21. The van der Waals surface area contributed by atoms with Crippen molar-refractivity contribution in [3.05, 3.63) is 88.2 Å². The summed E-state index contributed by atoms with van der Waals surface area (Å²) in [5.41, 5.74) is 5.25. The molecule has 0 radical (unpaired) electrons. The average molecular weight is 366 g/mol. The maximum absolute atomic E-state index is 12.5. The number of rotatable bonds is 5. The molecule has 0 spiro atoms. The summed E-state index contributed by atoms with van der Waals surface area (Å²) in [6.07, 6.45) is 1.62. The summed E-state index contributed by atoms with van der Waals surface area (Å²) in [6.45, 7) is 4.68. The quantitative estimate of drug-likeness (QED) is 0.652. The van der Waals surface area contributed by atoms with Crippen molar-refractivity contribution in [2.75, 3.05) is 10.6 Å². The first-order valence-electron chi connectivity index (χ1n) is 8.35. The highest BCUT2D eigenvalue weighted by molar-refractivity contribution is 6.31. The minimum Gasteiger partial charge on any atom is -0.381 e. The van der Waals surface area contributed by atoms with E-state index in [0.717, 1.165) is 11.3 Å². The standard InChI is InChI=1S/C21H20ClN3O/c1-14-5-3-4-6-16(14)13-24-18-9-10-23-20(12-18)21(26)25-19-11-17(22)8-7-15(19)2/h3-12H,13H2,1-2H3,(H,23,24)(H,25,26). The van der Waals surface area contributed by atoms with Gasteiger partial charge in [-0.1, -0.05) is 41.9 Å². The Morgan fingerprint density at radius 2 is 1.85 bits per heavy atom. The molecule has 0 atom stereocenters. The molecule has 0 saturated heterocycles. The Bertz CT molecular complexity index is 940. The SMILES string of the molecule is Cc1ccccc1CNc1ccnc(C(=O)Nc2cc(Cl)ccc2C)c1. The normalized spacial score (nSPS) is 10.4. The number of nitrogens with one attached hydrogen (secondary N) is 2. The van der Waals surface area contributed by atoms with Gasteiger partial charge < -0.3 is 10.6 Å². The second-order valence-corrected chi connectivity index (χ2v) is 6.56. The van der Waals surface area contributed by atoms with Gasteiger partial charge in [-0.05, 0) is 54.8 Å². The van der Waals surface area contributed by atoms with Gasteiger partial charge in [-0.2, -0.15) is 0 Å². The molecule has 0 aliphatic carbocycles. The van der Waals surface area contributed by atoms with Crippen molar-refractivity contribution in [1.29, 1.82) is 0 Å². The van der Waals surface area contributed by atoms with E-state index in [9.17, 15) is 4.79 Å². The van der Waals surface area contributed by atoms with E-state index in [4.69, 9.17) is 11.6 Å². The largest absolute Gasteiger partial charge is 0.381 e. The van der Waals surface area contributed by atoms with Crippen LogP contribution in [-0.2, 0) is 6.54 Å². The number of aryl methyl sites for hydroxylation is 2. The van der Waals surface area contributed by atoms with Crippen LogP contribution in [0.4, 0.5) is 11.4 Å². The monoisotopic (exact) mass is 365 g/mol. The number of carbonyl (C=O) groups is 1. The number of hydrogen-bond acceptors (Lipinski definition) is 3. The molecule has 2 aromatic carbocycles. The molecule has 5 heteroatoms. The molecule has 0 saturated carbocycles. The van der Waals surface area contributed by atoms with E-state index in [2.05, 4.69) is 34.7 Å². The molecule has 26 heavy (non-hydrogen) atoms. The third kappa shape index (κ3) is 4.41. The highest BCUT2D eigenvalue weighted by atomic mass is 35.5. The van der Waals surface area contributed by atoms with Gasteiger partial charge in [-0.3, -0.25) is 9.78 Å². The lowest BCUT2D eigenvalue weighted by Gasteiger charge is -2.11. The van der Waals surface area contributed by atoms with Crippen molar-refractivity contribution in [3.8, 4) is 0 Å². The third-order valence-electron chi connectivity index (χ3n) is 4.18. The van der Waals surface area contributed by atoms with Crippen molar-refractivity contribution in [1.82, 2.24) is 4.98 Å². The zero-order valence-electron chi connectivity index (χ0n) is 14.7. The molecule has 3 rings (SSSR count). The molecule has 0 aliphatic rings. The maximum Gasteiger partial charge on any atom is 0.274 e. The molecule has 1 heterocycles. The van der Waals surface area contributed by atoms with Crippen molar-refractivity contribution in [3.63, 3.8) is 0 Å². The van der Waals surface area contributed by atoms with Crippen molar-refractivity contribution < 1.29 is 4.79 Å². The van der Waals surface area contributed by atoms with E-state index in [1.165, 1.54) is 11.1 Å². The minimum atomic E-state index is -0.269. The van der Waals surface area contributed by atoms with Crippen molar-refractivity contribution in [2.24, 2.45) is 0 Å². The molecule has 132 valence electrons.